The van der Waals surface area contributed by atoms with Gasteiger partial charge in [-0.2, -0.15) is 5.10 Å². The summed E-state index contributed by atoms with van der Waals surface area (Å²) in [5, 5.41) is 8.49. The summed E-state index contributed by atoms with van der Waals surface area (Å²) < 4.78 is 1.96. The predicted molar refractivity (Wildman–Crippen MR) is 76.1 cm³/mol. The maximum atomic E-state index is 5.93. The van der Waals surface area contributed by atoms with Crippen LogP contribution in [0, 0.1) is 6.92 Å². The monoisotopic (exact) mass is 263 g/mol. The molecule has 0 saturated heterocycles. The van der Waals surface area contributed by atoms with Crippen LogP contribution in [0.1, 0.15) is 31.0 Å². The first-order valence-corrected chi connectivity index (χ1v) is 6.47. The van der Waals surface area contributed by atoms with Gasteiger partial charge in [0.05, 0.1) is 6.20 Å². The van der Waals surface area contributed by atoms with Gasteiger partial charge in [0.2, 0.25) is 0 Å². The summed E-state index contributed by atoms with van der Waals surface area (Å²) in [5.41, 5.74) is 3.44. The zero-order valence-corrected chi connectivity index (χ0v) is 11.7. The van der Waals surface area contributed by atoms with Crippen LogP contribution >= 0.6 is 11.6 Å². The molecule has 2 rings (SSSR count). The van der Waals surface area contributed by atoms with Crippen molar-refractivity contribution in [3.05, 3.63) is 46.7 Å². The Morgan fingerprint density at radius 3 is 2.78 bits per heavy atom. The lowest BCUT2D eigenvalue weighted by Gasteiger charge is -2.08. The molecule has 1 heterocycles. The number of aromatic nitrogens is 2. The van der Waals surface area contributed by atoms with Gasteiger partial charge in [-0.15, -0.1) is 0 Å². The van der Waals surface area contributed by atoms with Crippen LogP contribution in [0.4, 0.5) is 5.69 Å². The molecular formula is C14H18ClN3. The summed E-state index contributed by atoms with van der Waals surface area (Å²) in [4.78, 5) is 0. The second kappa shape index (κ2) is 5.44. The standard InChI is InChI=1S/C14H18ClN3/c1-10(2)18-9-12(8-17-18)7-16-14-5-4-13(15)6-11(14)3/h4-6,8-10,16H,7H2,1-3H3. The van der Waals surface area contributed by atoms with E-state index < -0.39 is 0 Å². The van der Waals surface area contributed by atoms with Gasteiger partial charge in [-0.3, -0.25) is 4.68 Å². The largest absolute Gasteiger partial charge is 0.381 e. The van der Waals surface area contributed by atoms with E-state index in [1.165, 1.54) is 5.56 Å². The molecule has 0 aliphatic rings. The van der Waals surface area contributed by atoms with E-state index in [0.29, 0.717) is 6.04 Å². The van der Waals surface area contributed by atoms with E-state index >= 15 is 0 Å². The molecule has 0 saturated carbocycles. The van der Waals surface area contributed by atoms with Gasteiger partial charge in [0.1, 0.15) is 0 Å². The number of nitrogens with one attached hydrogen (secondary N) is 1. The number of rotatable bonds is 4. The number of benzene rings is 1. The fourth-order valence-corrected chi connectivity index (χ4v) is 2.00. The van der Waals surface area contributed by atoms with E-state index in [1.54, 1.807) is 0 Å². The molecule has 0 radical (unpaired) electrons. The Hall–Kier alpha value is -1.48. The maximum absolute atomic E-state index is 5.93. The van der Waals surface area contributed by atoms with Gasteiger partial charge in [0.15, 0.2) is 0 Å². The molecular weight excluding hydrogens is 246 g/mol. The Kier molecular flexibility index (Phi) is 3.92. The van der Waals surface area contributed by atoms with Gasteiger partial charge in [0.25, 0.3) is 0 Å². The molecule has 0 atom stereocenters. The highest BCUT2D eigenvalue weighted by Gasteiger charge is 2.03. The number of aryl methyl sites for hydroxylation is 1. The molecule has 0 amide bonds. The van der Waals surface area contributed by atoms with E-state index in [2.05, 4.69) is 30.5 Å². The van der Waals surface area contributed by atoms with Gasteiger partial charge in [-0.25, -0.2) is 0 Å². The van der Waals surface area contributed by atoms with E-state index in [4.69, 9.17) is 11.6 Å². The first kappa shape index (κ1) is 13.0. The minimum absolute atomic E-state index is 0.399. The fourth-order valence-electron chi connectivity index (χ4n) is 1.77. The molecule has 1 aromatic heterocycles. The number of anilines is 1. The van der Waals surface area contributed by atoms with Crippen LogP contribution < -0.4 is 5.32 Å². The molecule has 0 aliphatic heterocycles. The van der Waals surface area contributed by atoms with E-state index in [-0.39, 0.29) is 0 Å². The van der Waals surface area contributed by atoms with Crippen LogP contribution in [0.2, 0.25) is 5.02 Å². The van der Waals surface area contributed by atoms with Gasteiger partial charge >= 0.3 is 0 Å². The minimum atomic E-state index is 0.399. The van der Waals surface area contributed by atoms with Crippen LogP contribution in [0.25, 0.3) is 0 Å². The minimum Gasteiger partial charge on any atom is -0.381 e. The summed E-state index contributed by atoms with van der Waals surface area (Å²) in [6.07, 6.45) is 3.97. The summed E-state index contributed by atoms with van der Waals surface area (Å²) >= 11 is 5.93. The molecule has 0 spiro atoms. The van der Waals surface area contributed by atoms with Crippen molar-refractivity contribution in [2.45, 2.75) is 33.4 Å². The highest BCUT2D eigenvalue weighted by Crippen LogP contribution is 2.20. The second-order valence-corrected chi connectivity index (χ2v) is 5.17. The van der Waals surface area contributed by atoms with Gasteiger partial charge in [-0.1, -0.05) is 11.6 Å². The van der Waals surface area contributed by atoms with Crippen molar-refractivity contribution < 1.29 is 0 Å². The van der Waals surface area contributed by atoms with Crippen molar-refractivity contribution in [3.63, 3.8) is 0 Å². The molecule has 2 aromatic rings. The van der Waals surface area contributed by atoms with Crippen LogP contribution in [0.5, 0.6) is 0 Å². The summed E-state index contributed by atoms with van der Waals surface area (Å²) in [7, 11) is 0. The summed E-state index contributed by atoms with van der Waals surface area (Å²) in [5.74, 6) is 0. The third-order valence-electron chi connectivity index (χ3n) is 2.86. The van der Waals surface area contributed by atoms with Crippen molar-refractivity contribution in [3.8, 4) is 0 Å². The smallest absolute Gasteiger partial charge is 0.0539 e. The van der Waals surface area contributed by atoms with E-state index in [0.717, 1.165) is 22.8 Å². The molecule has 4 heteroatoms. The first-order valence-electron chi connectivity index (χ1n) is 6.09. The molecule has 0 fully saturated rings. The summed E-state index contributed by atoms with van der Waals surface area (Å²) in [6, 6.07) is 6.26. The van der Waals surface area contributed by atoms with Gasteiger partial charge in [0, 0.05) is 35.1 Å². The Balaban J connectivity index is 2.02. The number of hydrogen-bond donors (Lipinski definition) is 1. The molecule has 1 N–H and O–H groups in total. The van der Waals surface area contributed by atoms with Crippen molar-refractivity contribution in [1.82, 2.24) is 9.78 Å². The van der Waals surface area contributed by atoms with Crippen molar-refractivity contribution >= 4 is 17.3 Å². The summed E-state index contributed by atoms with van der Waals surface area (Å²) in [6.45, 7) is 7.06. The molecule has 96 valence electrons. The van der Waals surface area contributed by atoms with Crippen LogP contribution in [-0.4, -0.2) is 9.78 Å². The average molecular weight is 264 g/mol. The number of nitrogens with zero attached hydrogens (tertiary/aromatic N) is 2. The zero-order valence-electron chi connectivity index (χ0n) is 10.9. The zero-order chi connectivity index (χ0) is 13.1. The SMILES string of the molecule is Cc1cc(Cl)ccc1NCc1cnn(C(C)C)c1. The Labute approximate surface area is 113 Å². The fraction of sp³-hybridized carbons (Fsp3) is 0.357. The van der Waals surface area contributed by atoms with Crippen molar-refractivity contribution in [2.24, 2.45) is 0 Å². The predicted octanol–water partition coefficient (Wildman–Crippen LogP) is 4.04. The van der Waals surface area contributed by atoms with Gasteiger partial charge < -0.3 is 5.32 Å². The molecule has 0 bridgehead atoms. The normalized spacial score (nSPS) is 10.9. The van der Waals surface area contributed by atoms with Crippen LogP contribution in [-0.2, 0) is 6.54 Å². The number of halogens is 1. The first-order chi connectivity index (χ1) is 8.56. The Morgan fingerprint density at radius 2 is 2.17 bits per heavy atom. The van der Waals surface area contributed by atoms with Crippen LogP contribution in [0.3, 0.4) is 0 Å². The van der Waals surface area contributed by atoms with E-state index in [9.17, 15) is 0 Å². The Morgan fingerprint density at radius 1 is 1.39 bits per heavy atom. The molecule has 0 unspecified atom stereocenters. The number of hydrogen-bond acceptors (Lipinski definition) is 2. The van der Waals surface area contributed by atoms with Crippen molar-refractivity contribution in [1.29, 1.82) is 0 Å². The van der Waals surface area contributed by atoms with Gasteiger partial charge in [-0.05, 0) is 44.5 Å². The Bertz CT molecular complexity index is 532. The lowest BCUT2D eigenvalue weighted by molar-refractivity contribution is 0.532. The lowest BCUT2D eigenvalue weighted by Crippen LogP contribution is -2.01. The van der Waals surface area contributed by atoms with Crippen molar-refractivity contribution in [2.75, 3.05) is 5.32 Å². The molecule has 3 nitrogen and oxygen atoms in total. The van der Waals surface area contributed by atoms with Crippen LogP contribution in [0.15, 0.2) is 30.6 Å². The molecule has 1 aromatic carbocycles. The maximum Gasteiger partial charge on any atom is 0.0539 e. The molecule has 18 heavy (non-hydrogen) atoms. The third-order valence-corrected chi connectivity index (χ3v) is 3.09. The third kappa shape index (κ3) is 3.05. The topological polar surface area (TPSA) is 29.9 Å². The quantitative estimate of drug-likeness (QED) is 0.902. The second-order valence-electron chi connectivity index (χ2n) is 4.74. The molecule has 0 aliphatic carbocycles. The average Bonchev–Trinajstić information content (AvgIpc) is 2.76. The highest BCUT2D eigenvalue weighted by molar-refractivity contribution is 6.30. The highest BCUT2D eigenvalue weighted by atomic mass is 35.5. The van der Waals surface area contributed by atoms with E-state index in [1.807, 2.05) is 36.0 Å². The lowest BCUT2D eigenvalue weighted by atomic mass is 10.2.